The summed E-state index contributed by atoms with van der Waals surface area (Å²) >= 11 is 0. The molecule has 0 atom stereocenters. The maximum atomic E-state index is 11.7. The lowest BCUT2D eigenvalue weighted by Crippen LogP contribution is -2.32. The van der Waals surface area contributed by atoms with Crippen LogP contribution in [0.5, 0.6) is 0 Å². The van der Waals surface area contributed by atoms with Crippen molar-refractivity contribution >= 4 is 18.1 Å². The van der Waals surface area contributed by atoms with Gasteiger partial charge in [0.1, 0.15) is 16.3 Å². The molecule has 1 N–H and O–H groups in total. The second kappa shape index (κ2) is 6.08. The fourth-order valence-electron chi connectivity index (χ4n) is 3.34. The van der Waals surface area contributed by atoms with E-state index >= 15 is 0 Å². The molecule has 0 amide bonds. The predicted molar refractivity (Wildman–Crippen MR) is 88.2 cm³/mol. The van der Waals surface area contributed by atoms with Crippen molar-refractivity contribution in [3.05, 3.63) is 60.7 Å². The van der Waals surface area contributed by atoms with Crippen molar-refractivity contribution in [3.63, 3.8) is 0 Å². The second-order valence-electron chi connectivity index (χ2n) is 5.65. The largest absolute Gasteiger partial charge is 0.240 e. The van der Waals surface area contributed by atoms with Gasteiger partial charge in [-0.25, -0.2) is 4.89 Å². The molecular weight excluding hydrogens is 263 g/mol. The Labute approximate surface area is 122 Å². The standard InChI is InChI=1S/C18H22OP/c19-20(16-10-4-1-5-11-16,17-12-6-2-7-13-17)18-14-8-3-9-15-18/h1-2,4-7,10-13,18-19H,3,8-9,14-15H2/q+1. The summed E-state index contributed by atoms with van der Waals surface area (Å²) in [6, 6.07) is 20.7. The average Bonchev–Trinajstić information content (AvgIpc) is 2.56. The van der Waals surface area contributed by atoms with E-state index in [2.05, 4.69) is 24.3 Å². The van der Waals surface area contributed by atoms with E-state index in [9.17, 15) is 4.89 Å². The lowest BCUT2D eigenvalue weighted by Gasteiger charge is -2.31. The Morgan fingerprint density at radius 3 is 1.60 bits per heavy atom. The molecule has 2 heteroatoms. The van der Waals surface area contributed by atoms with Gasteiger partial charge in [0.2, 0.25) is 7.49 Å². The summed E-state index contributed by atoms with van der Waals surface area (Å²) < 4.78 is 0. The minimum absolute atomic E-state index is 0.432. The van der Waals surface area contributed by atoms with Crippen LogP contribution in [0.3, 0.4) is 0 Å². The van der Waals surface area contributed by atoms with Gasteiger partial charge in [0.15, 0.2) is 0 Å². The Hall–Kier alpha value is -1.17. The molecule has 0 heterocycles. The Morgan fingerprint density at radius 1 is 0.700 bits per heavy atom. The Morgan fingerprint density at radius 2 is 1.15 bits per heavy atom. The average molecular weight is 285 g/mol. The fraction of sp³-hybridized carbons (Fsp3) is 0.333. The molecule has 0 saturated heterocycles. The van der Waals surface area contributed by atoms with Gasteiger partial charge in [0, 0.05) is 0 Å². The highest BCUT2D eigenvalue weighted by molar-refractivity contribution is 7.85. The fourth-order valence-corrected chi connectivity index (χ4v) is 6.84. The molecule has 3 rings (SSSR count). The highest BCUT2D eigenvalue weighted by Crippen LogP contribution is 2.60. The zero-order chi connectivity index (χ0) is 13.8. The molecule has 1 saturated carbocycles. The van der Waals surface area contributed by atoms with Gasteiger partial charge in [-0.2, -0.15) is 0 Å². The lowest BCUT2D eigenvalue weighted by molar-refractivity contribution is 0.482. The summed E-state index contributed by atoms with van der Waals surface area (Å²) in [5.74, 6) is 0. The SMILES string of the molecule is O[P+](c1ccccc1)(c1ccccc1)C1CCCCC1. The van der Waals surface area contributed by atoms with Gasteiger partial charge in [-0.3, -0.25) is 0 Å². The first kappa shape index (κ1) is 13.8. The van der Waals surface area contributed by atoms with Crippen LogP contribution in [0, 0.1) is 0 Å². The number of hydrogen-bond acceptors (Lipinski definition) is 1. The first-order chi connectivity index (χ1) is 9.82. The van der Waals surface area contributed by atoms with E-state index in [1.165, 1.54) is 19.3 Å². The molecule has 2 aromatic rings. The molecular formula is C18H22OP+. The first-order valence-corrected chi connectivity index (χ1v) is 9.35. The number of benzene rings is 2. The van der Waals surface area contributed by atoms with E-state index in [1.807, 2.05) is 36.4 Å². The smallest absolute Gasteiger partial charge is 0.209 e. The van der Waals surface area contributed by atoms with Crippen molar-refractivity contribution in [2.45, 2.75) is 37.8 Å². The topological polar surface area (TPSA) is 20.2 Å². The zero-order valence-electron chi connectivity index (χ0n) is 11.8. The molecule has 2 aromatic carbocycles. The van der Waals surface area contributed by atoms with Crippen LogP contribution in [0.2, 0.25) is 0 Å². The Kier molecular flexibility index (Phi) is 4.19. The van der Waals surface area contributed by atoms with E-state index < -0.39 is 7.49 Å². The molecule has 20 heavy (non-hydrogen) atoms. The third kappa shape index (κ3) is 2.53. The van der Waals surface area contributed by atoms with E-state index in [0.717, 1.165) is 23.5 Å². The summed E-state index contributed by atoms with van der Waals surface area (Å²) in [5, 5.41) is 2.27. The molecule has 0 aromatic heterocycles. The van der Waals surface area contributed by atoms with Crippen molar-refractivity contribution in [1.29, 1.82) is 0 Å². The van der Waals surface area contributed by atoms with Gasteiger partial charge in [-0.1, -0.05) is 42.8 Å². The molecule has 0 spiro atoms. The molecule has 1 aliphatic carbocycles. The molecule has 1 aliphatic rings. The Balaban J connectivity index is 2.07. The van der Waals surface area contributed by atoms with Crippen LogP contribution in [0.4, 0.5) is 0 Å². The zero-order valence-corrected chi connectivity index (χ0v) is 12.7. The summed E-state index contributed by atoms with van der Waals surface area (Å²) in [7, 11) is -2.25. The maximum absolute atomic E-state index is 11.7. The molecule has 0 unspecified atom stereocenters. The summed E-state index contributed by atoms with van der Waals surface area (Å²) in [6.45, 7) is 0. The minimum Gasteiger partial charge on any atom is -0.240 e. The van der Waals surface area contributed by atoms with E-state index in [4.69, 9.17) is 0 Å². The highest BCUT2D eigenvalue weighted by atomic mass is 31.2. The Bertz CT molecular complexity index is 492. The van der Waals surface area contributed by atoms with Crippen LogP contribution in [0.25, 0.3) is 0 Å². The van der Waals surface area contributed by atoms with E-state index in [0.29, 0.717) is 5.66 Å². The normalized spacial score (nSPS) is 17.1. The van der Waals surface area contributed by atoms with Crippen molar-refractivity contribution in [2.24, 2.45) is 0 Å². The second-order valence-corrected chi connectivity index (χ2v) is 8.78. The van der Waals surface area contributed by atoms with Crippen molar-refractivity contribution in [3.8, 4) is 0 Å². The van der Waals surface area contributed by atoms with Crippen LogP contribution in [-0.2, 0) is 0 Å². The maximum Gasteiger partial charge on any atom is 0.209 e. The van der Waals surface area contributed by atoms with Crippen molar-refractivity contribution in [1.82, 2.24) is 0 Å². The van der Waals surface area contributed by atoms with E-state index in [1.54, 1.807) is 0 Å². The molecule has 104 valence electrons. The van der Waals surface area contributed by atoms with Gasteiger partial charge in [-0.05, 0) is 49.9 Å². The molecule has 0 radical (unpaired) electrons. The minimum atomic E-state index is -2.25. The van der Waals surface area contributed by atoms with Gasteiger partial charge >= 0.3 is 0 Å². The van der Waals surface area contributed by atoms with Crippen molar-refractivity contribution < 1.29 is 4.89 Å². The molecule has 0 aliphatic heterocycles. The van der Waals surface area contributed by atoms with Crippen LogP contribution in [0.1, 0.15) is 32.1 Å². The van der Waals surface area contributed by atoms with Crippen LogP contribution in [0.15, 0.2) is 60.7 Å². The molecule has 0 bridgehead atoms. The first-order valence-electron chi connectivity index (χ1n) is 7.54. The van der Waals surface area contributed by atoms with Crippen LogP contribution < -0.4 is 10.6 Å². The monoisotopic (exact) mass is 285 g/mol. The summed E-state index contributed by atoms with van der Waals surface area (Å²) in [4.78, 5) is 11.7. The third-order valence-corrected chi connectivity index (χ3v) is 8.15. The predicted octanol–water partition coefficient (Wildman–Crippen LogP) is 3.90. The quantitative estimate of drug-likeness (QED) is 0.848. The van der Waals surface area contributed by atoms with Gasteiger partial charge in [-0.15, -0.1) is 0 Å². The number of hydrogen-bond donors (Lipinski definition) is 1. The van der Waals surface area contributed by atoms with Crippen LogP contribution in [-0.4, -0.2) is 10.6 Å². The summed E-state index contributed by atoms with van der Waals surface area (Å²) in [5.41, 5.74) is 0.432. The highest BCUT2D eigenvalue weighted by Gasteiger charge is 2.49. The van der Waals surface area contributed by atoms with Gasteiger partial charge in [0.05, 0.1) is 0 Å². The van der Waals surface area contributed by atoms with Crippen molar-refractivity contribution in [2.75, 3.05) is 0 Å². The number of rotatable bonds is 3. The van der Waals surface area contributed by atoms with Gasteiger partial charge < -0.3 is 0 Å². The summed E-state index contributed by atoms with van der Waals surface area (Å²) in [6.07, 6.45) is 6.15. The third-order valence-electron chi connectivity index (χ3n) is 4.40. The van der Waals surface area contributed by atoms with E-state index in [-0.39, 0.29) is 0 Å². The molecule has 1 nitrogen and oxygen atoms in total. The van der Waals surface area contributed by atoms with Gasteiger partial charge in [0.25, 0.3) is 0 Å². The lowest BCUT2D eigenvalue weighted by atomic mass is 10.0. The molecule has 1 fully saturated rings. The van der Waals surface area contributed by atoms with Crippen LogP contribution >= 0.6 is 7.49 Å².